The Bertz CT molecular complexity index is 235. The predicted molar refractivity (Wildman–Crippen MR) is 61.1 cm³/mol. The first-order chi connectivity index (χ1) is 7.56. The molecule has 3 atom stereocenters. The third-order valence-electron chi connectivity index (χ3n) is 3.06. The van der Waals surface area contributed by atoms with Gasteiger partial charge in [0.2, 0.25) is 5.91 Å². The molecule has 1 amide bonds. The van der Waals surface area contributed by atoms with Crippen molar-refractivity contribution in [2.24, 2.45) is 5.92 Å². The Kier molecular flexibility index (Phi) is 5.18. The van der Waals surface area contributed by atoms with Crippen molar-refractivity contribution in [3.05, 3.63) is 0 Å². The minimum Gasteiger partial charge on any atom is -0.389 e. The fourth-order valence-electron chi connectivity index (χ4n) is 2.13. The number of ether oxygens (including phenoxy) is 1. The van der Waals surface area contributed by atoms with Crippen molar-refractivity contribution in [3.8, 4) is 0 Å². The van der Waals surface area contributed by atoms with Gasteiger partial charge in [-0.2, -0.15) is 0 Å². The molecule has 5 heteroatoms. The van der Waals surface area contributed by atoms with Gasteiger partial charge < -0.3 is 20.1 Å². The predicted octanol–water partition coefficient (Wildman–Crippen LogP) is -0.550. The Morgan fingerprint density at radius 1 is 1.69 bits per heavy atom. The van der Waals surface area contributed by atoms with Crippen LogP contribution < -0.4 is 5.32 Å². The Hall–Kier alpha value is -0.650. The molecular weight excluding hydrogens is 208 g/mol. The maximum absolute atomic E-state index is 12.0. The number of nitrogens with one attached hydrogen (secondary N) is 1. The largest absolute Gasteiger partial charge is 0.389 e. The Morgan fingerprint density at radius 3 is 2.88 bits per heavy atom. The number of nitrogens with zero attached hydrogens (tertiary/aromatic N) is 1. The van der Waals surface area contributed by atoms with E-state index in [1.54, 1.807) is 11.9 Å². The molecule has 0 aromatic carbocycles. The number of aliphatic hydroxyl groups is 1. The number of methoxy groups -OCH3 is 1. The number of hydrogen-bond acceptors (Lipinski definition) is 4. The lowest BCUT2D eigenvalue weighted by Crippen LogP contribution is -2.42. The van der Waals surface area contributed by atoms with Crippen molar-refractivity contribution >= 4 is 5.91 Å². The van der Waals surface area contributed by atoms with Gasteiger partial charge in [-0.15, -0.1) is 0 Å². The van der Waals surface area contributed by atoms with Gasteiger partial charge in [0, 0.05) is 26.7 Å². The third-order valence-corrected chi connectivity index (χ3v) is 3.06. The number of rotatable bonds is 5. The quantitative estimate of drug-likeness (QED) is 0.665. The number of carbonyl (C=O) groups is 1. The van der Waals surface area contributed by atoms with Crippen molar-refractivity contribution in [2.75, 3.05) is 33.9 Å². The zero-order valence-electron chi connectivity index (χ0n) is 10.3. The van der Waals surface area contributed by atoms with Gasteiger partial charge in [-0.3, -0.25) is 4.79 Å². The third kappa shape index (κ3) is 3.43. The van der Waals surface area contributed by atoms with Crippen molar-refractivity contribution in [1.29, 1.82) is 0 Å². The lowest BCUT2D eigenvalue weighted by atomic mass is 10.0. The van der Waals surface area contributed by atoms with E-state index in [4.69, 9.17) is 4.74 Å². The molecule has 1 aliphatic rings. The highest BCUT2D eigenvalue weighted by Gasteiger charge is 2.31. The second kappa shape index (κ2) is 6.18. The standard InChI is InChI=1S/C11H22N2O3/c1-8-10(4-5-12-8)11(15)13(2)6-9(14)7-16-3/h8-10,12,14H,4-7H2,1-3H3. The van der Waals surface area contributed by atoms with E-state index in [2.05, 4.69) is 5.32 Å². The molecule has 16 heavy (non-hydrogen) atoms. The van der Waals surface area contributed by atoms with Crippen molar-refractivity contribution in [2.45, 2.75) is 25.5 Å². The summed E-state index contributed by atoms with van der Waals surface area (Å²) in [4.78, 5) is 13.6. The molecule has 0 aliphatic carbocycles. The summed E-state index contributed by atoms with van der Waals surface area (Å²) in [5, 5.41) is 12.8. The summed E-state index contributed by atoms with van der Waals surface area (Å²) >= 11 is 0. The lowest BCUT2D eigenvalue weighted by molar-refractivity contribution is -0.136. The number of carbonyl (C=O) groups excluding carboxylic acids is 1. The molecule has 1 aliphatic heterocycles. The molecule has 1 fully saturated rings. The number of hydrogen-bond donors (Lipinski definition) is 2. The van der Waals surface area contributed by atoms with Crippen molar-refractivity contribution in [1.82, 2.24) is 10.2 Å². The second-order valence-corrected chi connectivity index (χ2v) is 4.47. The van der Waals surface area contributed by atoms with Gasteiger partial charge in [-0.1, -0.05) is 0 Å². The first-order valence-corrected chi connectivity index (χ1v) is 5.71. The van der Waals surface area contributed by atoms with Crippen LogP contribution in [0.1, 0.15) is 13.3 Å². The molecule has 0 spiro atoms. The van der Waals surface area contributed by atoms with Crippen LogP contribution in [-0.4, -0.2) is 61.9 Å². The van der Waals surface area contributed by atoms with Crippen LogP contribution in [0.4, 0.5) is 0 Å². The van der Waals surface area contributed by atoms with Crippen LogP contribution >= 0.6 is 0 Å². The zero-order valence-corrected chi connectivity index (χ0v) is 10.3. The molecule has 3 unspecified atom stereocenters. The number of amides is 1. The van der Waals surface area contributed by atoms with Gasteiger partial charge in [0.25, 0.3) is 0 Å². The summed E-state index contributed by atoms with van der Waals surface area (Å²) in [6.45, 7) is 3.51. The van der Waals surface area contributed by atoms with E-state index >= 15 is 0 Å². The van der Waals surface area contributed by atoms with Gasteiger partial charge in [0.15, 0.2) is 0 Å². The van der Waals surface area contributed by atoms with Gasteiger partial charge in [0.1, 0.15) is 0 Å². The maximum atomic E-state index is 12.0. The van der Waals surface area contributed by atoms with E-state index in [0.717, 1.165) is 13.0 Å². The van der Waals surface area contributed by atoms with Crippen LogP contribution in [0, 0.1) is 5.92 Å². The zero-order chi connectivity index (χ0) is 12.1. The molecule has 1 saturated heterocycles. The summed E-state index contributed by atoms with van der Waals surface area (Å²) in [5.41, 5.74) is 0. The van der Waals surface area contributed by atoms with E-state index in [0.29, 0.717) is 6.54 Å². The van der Waals surface area contributed by atoms with Gasteiger partial charge in [-0.05, 0) is 19.9 Å². The fourth-order valence-corrected chi connectivity index (χ4v) is 2.13. The Balaban J connectivity index is 2.40. The van der Waals surface area contributed by atoms with Crippen molar-refractivity contribution in [3.63, 3.8) is 0 Å². The summed E-state index contributed by atoms with van der Waals surface area (Å²) in [6.07, 6.45) is 0.272. The van der Waals surface area contributed by atoms with E-state index in [1.165, 1.54) is 7.11 Å². The molecule has 1 rings (SSSR count). The molecule has 1 heterocycles. The van der Waals surface area contributed by atoms with Crippen LogP contribution in [0.2, 0.25) is 0 Å². The molecule has 94 valence electrons. The number of aliphatic hydroxyl groups excluding tert-OH is 1. The van der Waals surface area contributed by atoms with E-state index in [-0.39, 0.29) is 24.5 Å². The monoisotopic (exact) mass is 230 g/mol. The average Bonchev–Trinajstić information content (AvgIpc) is 2.63. The van der Waals surface area contributed by atoms with Gasteiger partial charge >= 0.3 is 0 Å². The average molecular weight is 230 g/mol. The SMILES string of the molecule is COCC(O)CN(C)C(=O)C1CCNC1C. The molecule has 2 N–H and O–H groups in total. The van der Waals surface area contributed by atoms with Crippen LogP contribution in [0.5, 0.6) is 0 Å². The summed E-state index contributed by atoms with van der Waals surface area (Å²) < 4.78 is 4.83. The first-order valence-electron chi connectivity index (χ1n) is 5.71. The Morgan fingerprint density at radius 2 is 2.38 bits per heavy atom. The van der Waals surface area contributed by atoms with Crippen molar-refractivity contribution < 1.29 is 14.6 Å². The van der Waals surface area contributed by atoms with Gasteiger partial charge in [-0.25, -0.2) is 0 Å². The second-order valence-electron chi connectivity index (χ2n) is 4.47. The van der Waals surface area contributed by atoms with Crippen LogP contribution in [0.3, 0.4) is 0 Å². The van der Waals surface area contributed by atoms with E-state index < -0.39 is 6.10 Å². The highest BCUT2D eigenvalue weighted by molar-refractivity contribution is 5.79. The minimum atomic E-state index is -0.608. The van der Waals surface area contributed by atoms with Crippen LogP contribution in [0.25, 0.3) is 0 Å². The fraction of sp³-hybridized carbons (Fsp3) is 0.909. The van der Waals surface area contributed by atoms with E-state index in [9.17, 15) is 9.90 Å². The lowest BCUT2D eigenvalue weighted by Gasteiger charge is -2.25. The summed E-state index contributed by atoms with van der Waals surface area (Å²) in [7, 11) is 3.26. The first kappa shape index (κ1) is 13.4. The highest BCUT2D eigenvalue weighted by Crippen LogP contribution is 2.17. The highest BCUT2D eigenvalue weighted by atomic mass is 16.5. The number of likely N-dealkylation sites (N-methyl/N-ethyl adjacent to an activating group) is 1. The molecule has 0 radical (unpaired) electrons. The molecular formula is C11H22N2O3. The van der Waals surface area contributed by atoms with Crippen LogP contribution in [0.15, 0.2) is 0 Å². The summed E-state index contributed by atoms with van der Waals surface area (Å²) in [5.74, 6) is 0.146. The molecule has 0 saturated carbocycles. The normalized spacial score (nSPS) is 26.8. The summed E-state index contributed by atoms with van der Waals surface area (Å²) in [6, 6.07) is 0.231. The molecule has 0 aromatic heterocycles. The van der Waals surface area contributed by atoms with Crippen LogP contribution in [-0.2, 0) is 9.53 Å². The van der Waals surface area contributed by atoms with Gasteiger partial charge in [0.05, 0.1) is 18.6 Å². The minimum absolute atomic E-state index is 0.0414. The molecule has 0 aromatic rings. The topological polar surface area (TPSA) is 61.8 Å². The maximum Gasteiger partial charge on any atom is 0.227 e. The molecule has 5 nitrogen and oxygen atoms in total. The molecule has 0 bridgehead atoms. The Labute approximate surface area is 96.8 Å². The van der Waals surface area contributed by atoms with E-state index in [1.807, 2.05) is 6.92 Å². The smallest absolute Gasteiger partial charge is 0.227 e.